The van der Waals surface area contributed by atoms with Crippen molar-refractivity contribution in [1.82, 2.24) is 4.98 Å². The first-order valence-corrected chi connectivity index (χ1v) is 6.63. The van der Waals surface area contributed by atoms with Gasteiger partial charge in [0.05, 0.1) is 31.3 Å². The molecule has 2 unspecified atom stereocenters. The minimum absolute atomic E-state index is 0.164. The van der Waals surface area contributed by atoms with Gasteiger partial charge in [0, 0.05) is 18.0 Å². The van der Waals surface area contributed by atoms with Crippen LogP contribution >= 0.6 is 0 Å². The third-order valence-corrected chi connectivity index (χ3v) is 2.66. The Balaban J connectivity index is 2.77. The van der Waals surface area contributed by atoms with E-state index in [2.05, 4.69) is 4.98 Å². The number of hydrogen-bond acceptors (Lipinski definition) is 7. The number of hydrogen-bond donors (Lipinski definition) is 2. The first-order chi connectivity index (χ1) is 9.99. The molecule has 1 aromatic heterocycles. The minimum Gasteiger partial charge on any atom is -0.466 e. The van der Waals surface area contributed by atoms with Gasteiger partial charge in [-0.2, -0.15) is 0 Å². The lowest BCUT2D eigenvalue weighted by Gasteiger charge is -2.17. The summed E-state index contributed by atoms with van der Waals surface area (Å²) in [5.74, 6) is -1.18. The topological polar surface area (TPSA) is 106 Å². The summed E-state index contributed by atoms with van der Waals surface area (Å²) < 4.78 is 9.52. The summed E-state index contributed by atoms with van der Waals surface area (Å²) in [6.45, 7) is 3.74. The molecule has 0 saturated heterocycles. The highest BCUT2D eigenvalue weighted by Crippen LogP contribution is 2.20. The molecule has 0 amide bonds. The van der Waals surface area contributed by atoms with Crippen LogP contribution in [0.25, 0.3) is 0 Å². The highest BCUT2D eigenvalue weighted by atomic mass is 16.5. The number of aliphatic hydroxyl groups excluding tert-OH is 2. The second-order valence-electron chi connectivity index (χ2n) is 4.25. The summed E-state index contributed by atoms with van der Waals surface area (Å²) in [7, 11) is 0. The van der Waals surface area contributed by atoms with Crippen LogP contribution in [0.1, 0.15) is 42.3 Å². The molecule has 2 atom stereocenters. The lowest BCUT2D eigenvalue weighted by atomic mass is 10.0. The summed E-state index contributed by atoms with van der Waals surface area (Å²) in [5.41, 5.74) is 0.383. The monoisotopic (exact) mass is 297 g/mol. The summed E-state index contributed by atoms with van der Waals surface area (Å²) in [5, 5.41) is 19.8. The summed E-state index contributed by atoms with van der Waals surface area (Å²) in [4.78, 5) is 26.7. The van der Waals surface area contributed by atoms with E-state index in [1.165, 1.54) is 18.5 Å². The SMILES string of the molecule is CCOC(=O)CC(O)C(O)c1cncc(C(=O)OCC)c1. The Morgan fingerprint density at radius 1 is 1.19 bits per heavy atom. The number of rotatable bonds is 7. The third kappa shape index (κ3) is 5.13. The minimum atomic E-state index is -1.35. The van der Waals surface area contributed by atoms with Crippen LogP contribution in [0, 0.1) is 0 Å². The van der Waals surface area contributed by atoms with Crippen LogP contribution in [-0.4, -0.2) is 46.5 Å². The van der Waals surface area contributed by atoms with Crippen molar-refractivity contribution in [3.05, 3.63) is 29.6 Å². The van der Waals surface area contributed by atoms with Gasteiger partial charge in [0.2, 0.25) is 0 Å². The Morgan fingerprint density at radius 3 is 2.48 bits per heavy atom. The van der Waals surface area contributed by atoms with E-state index in [-0.39, 0.29) is 30.8 Å². The van der Waals surface area contributed by atoms with Crippen molar-refractivity contribution in [3.63, 3.8) is 0 Å². The van der Waals surface area contributed by atoms with E-state index in [4.69, 9.17) is 9.47 Å². The molecule has 0 spiro atoms. The van der Waals surface area contributed by atoms with Crippen molar-refractivity contribution in [1.29, 1.82) is 0 Å². The van der Waals surface area contributed by atoms with Gasteiger partial charge >= 0.3 is 11.9 Å². The van der Waals surface area contributed by atoms with E-state index < -0.39 is 24.1 Å². The van der Waals surface area contributed by atoms with E-state index in [0.717, 1.165) is 0 Å². The van der Waals surface area contributed by atoms with E-state index in [9.17, 15) is 19.8 Å². The van der Waals surface area contributed by atoms with Crippen LogP contribution in [-0.2, 0) is 14.3 Å². The standard InChI is InChI=1S/C14H19NO6/c1-3-20-12(17)6-11(16)13(18)9-5-10(8-15-7-9)14(19)21-4-2/h5,7-8,11,13,16,18H,3-4,6H2,1-2H3. The Kier molecular flexibility index (Phi) is 6.77. The molecule has 0 bridgehead atoms. The Hall–Kier alpha value is -1.99. The van der Waals surface area contributed by atoms with Crippen molar-refractivity contribution in [3.8, 4) is 0 Å². The maximum absolute atomic E-state index is 11.6. The zero-order chi connectivity index (χ0) is 15.8. The number of pyridine rings is 1. The van der Waals surface area contributed by atoms with Crippen molar-refractivity contribution in [2.45, 2.75) is 32.5 Å². The van der Waals surface area contributed by atoms with Crippen molar-refractivity contribution in [2.75, 3.05) is 13.2 Å². The smallest absolute Gasteiger partial charge is 0.339 e. The van der Waals surface area contributed by atoms with Crippen LogP contribution in [0.2, 0.25) is 0 Å². The molecule has 0 fully saturated rings. The van der Waals surface area contributed by atoms with Gasteiger partial charge in [-0.15, -0.1) is 0 Å². The van der Waals surface area contributed by atoms with Gasteiger partial charge in [-0.1, -0.05) is 0 Å². The number of ether oxygens (including phenoxy) is 2. The number of nitrogens with zero attached hydrogens (tertiary/aromatic N) is 1. The van der Waals surface area contributed by atoms with Gasteiger partial charge in [0.15, 0.2) is 0 Å². The first kappa shape index (κ1) is 17.1. The maximum Gasteiger partial charge on any atom is 0.339 e. The molecular weight excluding hydrogens is 278 g/mol. The normalized spacial score (nSPS) is 13.3. The van der Waals surface area contributed by atoms with Crippen molar-refractivity contribution >= 4 is 11.9 Å². The van der Waals surface area contributed by atoms with Crippen LogP contribution in [0.15, 0.2) is 18.5 Å². The molecule has 0 aliphatic heterocycles. The van der Waals surface area contributed by atoms with Gasteiger partial charge in [0.25, 0.3) is 0 Å². The third-order valence-electron chi connectivity index (χ3n) is 2.66. The van der Waals surface area contributed by atoms with Crippen molar-refractivity contribution < 1.29 is 29.3 Å². The number of aromatic nitrogens is 1. The van der Waals surface area contributed by atoms with E-state index in [1.54, 1.807) is 13.8 Å². The highest BCUT2D eigenvalue weighted by molar-refractivity contribution is 5.89. The average molecular weight is 297 g/mol. The molecule has 7 nitrogen and oxygen atoms in total. The summed E-state index contributed by atoms with van der Waals surface area (Å²) in [6, 6.07) is 1.37. The molecule has 0 aliphatic rings. The molecule has 0 aromatic carbocycles. The molecule has 0 radical (unpaired) electrons. The molecule has 0 aliphatic carbocycles. The second kappa shape index (κ2) is 8.33. The molecule has 7 heteroatoms. The van der Waals surface area contributed by atoms with Gasteiger partial charge < -0.3 is 19.7 Å². The van der Waals surface area contributed by atoms with Crippen LogP contribution < -0.4 is 0 Å². The lowest BCUT2D eigenvalue weighted by Crippen LogP contribution is -2.23. The predicted octanol–water partition coefficient (Wildman–Crippen LogP) is 0.606. The molecule has 1 rings (SSSR count). The van der Waals surface area contributed by atoms with E-state index in [1.807, 2.05) is 0 Å². The largest absolute Gasteiger partial charge is 0.466 e. The molecule has 1 aromatic rings. The number of aliphatic hydroxyl groups is 2. The molecule has 116 valence electrons. The number of carbonyl (C=O) groups is 2. The predicted molar refractivity (Wildman–Crippen MR) is 72.4 cm³/mol. The zero-order valence-electron chi connectivity index (χ0n) is 12.0. The van der Waals surface area contributed by atoms with Crippen LogP contribution in [0.5, 0.6) is 0 Å². The molecule has 0 saturated carbocycles. The molecular formula is C14H19NO6. The first-order valence-electron chi connectivity index (χ1n) is 6.63. The van der Waals surface area contributed by atoms with Crippen molar-refractivity contribution in [2.24, 2.45) is 0 Å². The quantitative estimate of drug-likeness (QED) is 0.710. The average Bonchev–Trinajstić information content (AvgIpc) is 2.47. The molecule has 1 heterocycles. The number of carbonyl (C=O) groups excluding carboxylic acids is 2. The zero-order valence-corrected chi connectivity index (χ0v) is 12.0. The van der Waals surface area contributed by atoms with E-state index >= 15 is 0 Å². The van der Waals surface area contributed by atoms with E-state index in [0.29, 0.717) is 0 Å². The van der Waals surface area contributed by atoms with Gasteiger partial charge in [-0.3, -0.25) is 9.78 Å². The fraction of sp³-hybridized carbons (Fsp3) is 0.500. The van der Waals surface area contributed by atoms with Crippen LogP contribution in [0.4, 0.5) is 0 Å². The van der Waals surface area contributed by atoms with Gasteiger partial charge in [-0.05, 0) is 19.9 Å². The molecule has 2 N–H and O–H groups in total. The molecule has 21 heavy (non-hydrogen) atoms. The Labute approximate surface area is 122 Å². The summed E-state index contributed by atoms with van der Waals surface area (Å²) in [6.07, 6.45) is -0.439. The Morgan fingerprint density at radius 2 is 1.86 bits per heavy atom. The fourth-order valence-corrected chi connectivity index (χ4v) is 1.67. The highest BCUT2D eigenvalue weighted by Gasteiger charge is 2.23. The maximum atomic E-state index is 11.6. The summed E-state index contributed by atoms with van der Waals surface area (Å²) >= 11 is 0. The second-order valence-corrected chi connectivity index (χ2v) is 4.25. The lowest BCUT2D eigenvalue weighted by molar-refractivity contribution is -0.147. The Bertz CT molecular complexity index is 490. The van der Waals surface area contributed by atoms with Gasteiger partial charge in [0.1, 0.15) is 6.10 Å². The fourth-order valence-electron chi connectivity index (χ4n) is 1.67. The van der Waals surface area contributed by atoms with Crippen LogP contribution in [0.3, 0.4) is 0 Å². The number of esters is 2. The van der Waals surface area contributed by atoms with Gasteiger partial charge in [-0.25, -0.2) is 4.79 Å².